The molecule has 0 atom stereocenters. The molecule has 0 saturated carbocycles. The van der Waals surface area contributed by atoms with E-state index in [1.165, 1.54) is 11.8 Å². The van der Waals surface area contributed by atoms with E-state index in [2.05, 4.69) is 20.9 Å². The van der Waals surface area contributed by atoms with E-state index in [0.29, 0.717) is 15.9 Å². The summed E-state index contributed by atoms with van der Waals surface area (Å²) in [7, 11) is 0. The molecule has 3 N–H and O–H groups in total. The summed E-state index contributed by atoms with van der Waals surface area (Å²) in [5.74, 6) is -0.267. The van der Waals surface area contributed by atoms with Gasteiger partial charge in [0.25, 0.3) is 0 Å². The fourth-order valence-electron chi connectivity index (χ4n) is 2.03. The van der Waals surface area contributed by atoms with E-state index >= 15 is 0 Å². The molecule has 0 bridgehead atoms. The van der Waals surface area contributed by atoms with Crippen molar-refractivity contribution in [2.45, 2.75) is 16.5 Å². The van der Waals surface area contributed by atoms with Crippen molar-refractivity contribution in [1.29, 1.82) is 0 Å². The van der Waals surface area contributed by atoms with Crippen LogP contribution in [0.1, 0.15) is 5.56 Å². The Morgan fingerprint density at radius 2 is 2.00 bits per heavy atom. The number of hydrogen-bond acceptors (Lipinski definition) is 2. The quantitative estimate of drug-likeness (QED) is 0.720. The van der Waals surface area contributed by atoms with Gasteiger partial charge >= 0.3 is 0 Å². The first-order valence-corrected chi connectivity index (χ1v) is 7.72. The van der Waals surface area contributed by atoms with Crippen molar-refractivity contribution in [3.63, 3.8) is 0 Å². The fourth-order valence-corrected chi connectivity index (χ4v) is 3.58. The number of aromatic amines is 1. The van der Waals surface area contributed by atoms with Crippen LogP contribution in [-0.4, -0.2) is 4.98 Å². The predicted octanol–water partition coefficient (Wildman–Crippen LogP) is 4.68. The van der Waals surface area contributed by atoms with Gasteiger partial charge in [0.1, 0.15) is 0 Å². The van der Waals surface area contributed by atoms with Crippen LogP contribution in [0.25, 0.3) is 10.9 Å². The van der Waals surface area contributed by atoms with Crippen molar-refractivity contribution in [1.82, 2.24) is 4.98 Å². The van der Waals surface area contributed by atoms with E-state index in [1.54, 1.807) is 6.07 Å². The summed E-state index contributed by atoms with van der Waals surface area (Å²) in [5, 5.41) is 2.03. The molecule has 0 aliphatic carbocycles. The second-order valence-electron chi connectivity index (χ2n) is 4.38. The number of H-pyrrole nitrogens is 1. The molecule has 1 heterocycles. The highest BCUT2D eigenvalue weighted by molar-refractivity contribution is 9.10. The summed E-state index contributed by atoms with van der Waals surface area (Å²) >= 11 is 4.63. The summed E-state index contributed by atoms with van der Waals surface area (Å²) in [4.78, 5) is 3.85. The Labute approximate surface area is 128 Å². The first kappa shape index (κ1) is 13.7. The van der Waals surface area contributed by atoms with E-state index in [4.69, 9.17) is 5.73 Å². The third-order valence-corrected chi connectivity index (χ3v) is 4.90. The molecule has 2 aromatic carbocycles. The summed E-state index contributed by atoms with van der Waals surface area (Å²) in [5.41, 5.74) is 7.38. The Morgan fingerprint density at radius 1 is 1.20 bits per heavy atom. The monoisotopic (exact) mass is 350 g/mol. The predicted molar refractivity (Wildman–Crippen MR) is 84.4 cm³/mol. The maximum Gasteiger partial charge on any atom is 0.151 e. The SMILES string of the molecule is NCc1ccc(Sc2cc3ccccc3[nH]2)c(F)c1Br. The molecule has 0 fully saturated rings. The molecule has 0 aliphatic rings. The zero-order valence-corrected chi connectivity index (χ0v) is 12.9. The third-order valence-electron chi connectivity index (χ3n) is 3.07. The maximum atomic E-state index is 14.3. The Balaban J connectivity index is 1.96. The molecule has 20 heavy (non-hydrogen) atoms. The lowest BCUT2D eigenvalue weighted by Gasteiger charge is -2.07. The lowest BCUT2D eigenvalue weighted by atomic mass is 10.2. The molecule has 0 saturated heterocycles. The van der Waals surface area contributed by atoms with Crippen molar-refractivity contribution >= 4 is 38.6 Å². The van der Waals surface area contributed by atoms with Crippen LogP contribution in [0.2, 0.25) is 0 Å². The number of rotatable bonds is 3. The number of hydrogen-bond donors (Lipinski definition) is 2. The molecule has 0 unspecified atom stereocenters. The Kier molecular flexibility index (Phi) is 3.83. The molecule has 2 nitrogen and oxygen atoms in total. The van der Waals surface area contributed by atoms with Crippen LogP contribution < -0.4 is 5.73 Å². The molecular weight excluding hydrogens is 339 g/mol. The standard InChI is InChI=1S/C15H12BrFN2S/c16-14-10(8-18)5-6-12(15(14)17)20-13-7-9-3-1-2-4-11(9)19-13/h1-7,19H,8,18H2. The molecule has 1 aromatic heterocycles. The van der Waals surface area contributed by atoms with Crippen molar-refractivity contribution in [2.75, 3.05) is 0 Å². The average Bonchev–Trinajstić information content (AvgIpc) is 2.86. The van der Waals surface area contributed by atoms with Crippen LogP contribution in [-0.2, 0) is 6.54 Å². The van der Waals surface area contributed by atoms with Gasteiger partial charge in [0.15, 0.2) is 5.82 Å². The molecule has 0 radical (unpaired) electrons. The smallest absolute Gasteiger partial charge is 0.151 e. The topological polar surface area (TPSA) is 41.8 Å². The van der Waals surface area contributed by atoms with E-state index in [1.807, 2.05) is 36.4 Å². The zero-order valence-electron chi connectivity index (χ0n) is 10.5. The van der Waals surface area contributed by atoms with Gasteiger partial charge in [-0.15, -0.1) is 0 Å². The Morgan fingerprint density at radius 3 is 2.75 bits per heavy atom. The molecule has 3 aromatic rings. The van der Waals surface area contributed by atoms with Crippen LogP contribution in [0.5, 0.6) is 0 Å². The number of para-hydroxylation sites is 1. The summed E-state index contributed by atoms with van der Waals surface area (Å²) < 4.78 is 14.7. The van der Waals surface area contributed by atoms with E-state index < -0.39 is 0 Å². The lowest BCUT2D eigenvalue weighted by Crippen LogP contribution is -1.99. The first-order valence-electron chi connectivity index (χ1n) is 6.11. The molecule has 3 rings (SSSR count). The number of fused-ring (bicyclic) bond motifs is 1. The van der Waals surface area contributed by atoms with Gasteiger partial charge in [-0.3, -0.25) is 0 Å². The minimum atomic E-state index is -0.267. The van der Waals surface area contributed by atoms with Crippen molar-refractivity contribution in [3.05, 3.63) is 58.3 Å². The van der Waals surface area contributed by atoms with Gasteiger partial charge in [-0.25, -0.2) is 4.39 Å². The number of aromatic nitrogens is 1. The van der Waals surface area contributed by atoms with Gasteiger partial charge in [-0.2, -0.15) is 0 Å². The lowest BCUT2D eigenvalue weighted by molar-refractivity contribution is 0.592. The zero-order chi connectivity index (χ0) is 14.1. The minimum absolute atomic E-state index is 0.267. The van der Waals surface area contributed by atoms with Crippen LogP contribution in [0.15, 0.2) is 56.9 Å². The van der Waals surface area contributed by atoms with Crippen LogP contribution in [0.3, 0.4) is 0 Å². The number of halogens is 2. The van der Waals surface area contributed by atoms with Crippen molar-refractivity contribution in [2.24, 2.45) is 5.73 Å². The molecule has 0 spiro atoms. The minimum Gasteiger partial charge on any atom is -0.349 e. The van der Waals surface area contributed by atoms with Crippen LogP contribution >= 0.6 is 27.7 Å². The third kappa shape index (κ3) is 2.49. The fraction of sp³-hybridized carbons (Fsp3) is 0.0667. The summed E-state index contributed by atoms with van der Waals surface area (Å²) in [6, 6.07) is 13.6. The van der Waals surface area contributed by atoms with Gasteiger partial charge < -0.3 is 10.7 Å². The highest BCUT2D eigenvalue weighted by Crippen LogP contribution is 2.35. The Hall–Kier alpha value is -1.30. The Bertz CT molecular complexity index is 737. The van der Waals surface area contributed by atoms with Gasteiger partial charge in [0, 0.05) is 17.4 Å². The molecule has 0 amide bonds. The van der Waals surface area contributed by atoms with Gasteiger partial charge in [-0.1, -0.05) is 36.0 Å². The van der Waals surface area contributed by atoms with Crippen molar-refractivity contribution in [3.8, 4) is 0 Å². The van der Waals surface area contributed by atoms with Gasteiger partial charge in [0.05, 0.1) is 14.4 Å². The normalized spacial score (nSPS) is 11.2. The van der Waals surface area contributed by atoms with Gasteiger partial charge in [0.2, 0.25) is 0 Å². The molecular formula is C15H12BrFN2S. The maximum absolute atomic E-state index is 14.3. The van der Waals surface area contributed by atoms with Crippen molar-refractivity contribution < 1.29 is 4.39 Å². The number of benzene rings is 2. The second kappa shape index (κ2) is 5.60. The van der Waals surface area contributed by atoms with E-state index in [0.717, 1.165) is 21.5 Å². The number of nitrogens with two attached hydrogens (primary N) is 1. The average molecular weight is 351 g/mol. The van der Waals surface area contributed by atoms with Crippen LogP contribution in [0, 0.1) is 5.82 Å². The molecule has 0 aliphatic heterocycles. The number of nitrogens with one attached hydrogen (secondary N) is 1. The van der Waals surface area contributed by atoms with Gasteiger partial charge in [-0.05, 0) is 39.7 Å². The van der Waals surface area contributed by atoms with E-state index in [-0.39, 0.29) is 5.82 Å². The molecule has 102 valence electrons. The summed E-state index contributed by atoms with van der Waals surface area (Å²) in [6.07, 6.45) is 0. The summed E-state index contributed by atoms with van der Waals surface area (Å²) in [6.45, 7) is 0.314. The van der Waals surface area contributed by atoms with Crippen LogP contribution in [0.4, 0.5) is 4.39 Å². The highest BCUT2D eigenvalue weighted by atomic mass is 79.9. The first-order chi connectivity index (χ1) is 9.69. The van der Waals surface area contributed by atoms with E-state index in [9.17, 15) is 4.39 Å². The molecule has 5 heteroatoms. The second-order valence-corrected chi connectivity index (χ2v) is 6.25. The highest BCUT2D eigenvalue weighted by Gasteiger charge is 2.12. The largest absolute Gasteiger partial charge is 0.349 e.